The molecule has 0 amide bonds. The molecule has 0 saturated heterocycles. The van der Waals surface area contributed by atoms with Crippen LogP contribution in [0.1, 0.15) is 44.7 Å². The summed E-state index contributed by atoms with van der Waals surface area (Å²) in [5, 5.41) is 3.08. The van der Waals surface area contributed by atoms with E-state index in [0.717, 1.165) is 23.3 Å². The van der Waals surface area contributed by atoms with Gasteiger partial charge < -0.3 is 10.1 Å². The lowest BCUT2D eigenvalue weighted by atomic mass is 9.91. The number of benzene rings is 2. The zero-order valence-corrected chi connectivity index (χ0v) is 15.5. The van der Waals surface area contributed by atoms with E-state index in [0.29, 0.717) is 18.7 Å². The largest absolute Gasteiger partial charge is 0.494 e. The Balaban J connectivity index is 0.00000117. The quantitative estimate of drug-likeness (QED) is 0.708. The monoisotopic (exact) mass is 357 g/mol. The van der Waals surface area contributed by atoms with E-state index in [-0.39, 0.29) is 11.3 Å². The fraction of sp³-hybridized carbons (Fsp3) is 0.273. The van der Waals surface area contributed by atoms with Gasteiger partial charge >= 0.3 is 0 Å². The summed E-state index contributed by atoms with van der Waals surface area (Å²) in [6, 6.07) is 12.1. The maximum Gasteiger partial charge on any atom is 0.139 e. The van der Waals surface area contributed by atoms with Crippen LogP contribution in [-0.4, -0.2) is 6.61 Å². The second kappa shape index (κ2) is 9.18. The lowest BCUT2D eigenvalue weighted by molar-refractivity contribution is 0.335. The Kier molecular flexibility index (Phi) is 6.96. The standard InChI is InChI=1S/C20H19F2NO.C2H6/c1-3-24-15-11-17(21)19(18(22)12-15)20-16(10-9-13(2)23-20)14-7-5-4-6-8-14;1-2/h4-8,11-12,23H,2-3,9-10H2,1H3;1-2H3. The van der Waals surface area contributed by atoms with Crippen LogP contribution in [0, 0.1) is 11.6 Å². The molecular formula is C22H25F2NO. The van der Waals surface area contributed by atoms with Crippen LogP contribution in [0.4, 0.5) is 8.78 Å². The zero-order valence-electron chi connectivity index (χ0n) is 15.5. The van der Waals surface area contributed by atoms with E-state index in [4.69, 9.17) is 4.74 Å². The Labute approximate surface area is 154 Å². The number of nitrogens with one attached hydrogen (secondary N) is 1. The number of hydrogen-bond donors (Lipinski definition) is 1. The van der Waals surface area contributed by atoms with Crippen molar-refractivity contribution in [3.05, 3.63) is 77.5 Å². The Hall–Kier alpha value is -2.62. The van der Waals surface area contributed by atoms with E-state index in [2.05, 4.69) is 11.9 Å². The Bertz CT molecular complexity index is 774. The molecule has 1 N–H and O–H groups in total. The highest BCUT2D eigenvalue weighted by Crippen LogP contribution is 2.36. The normalized spacial score (nSPS) is 13.7. The van der Waals surface area contributed by atoms with Crippen molar-refractivity contribution in [2.75, 3.05) is 6.61 Å². The summed E-state index contributed by atoms with van der Waals surface area (Å²) in [6.07, 6.45) is 1.41. The third kappa shape index (κ3) is 4.31. The molecule has 4 heteroatoms. The molecule has 0 spiro atoms. The first kappa shape index (κ1) is 19.7. The number of allylic oxidation sites excluding steroid dienone is 2. The minimum absolute atomic E-state index is 0.0712. The summed E-state index contributed by atoms with van der Waals surface area (Å²) in [7, 11) is 0. The van der Waals surface area contributed by atoms with E-state index in [1.807, 2.05) is 44.2 Å². The van der Waals surface area contributed by atoms with Gasteiger partial charge in [-0.15, -0.1) is 0 Å². The lowest BCUT2D eigenvalue weighted by Gasteiger charge is -2.25. The average Bonchev–Trinajstić information content (AvgIpc) is 2.64. The predicted molar refractivity (Wildman–Crippen MR) is 104 cm³/mol. The molecule has 1 aliphatic heterocycles. The highest BCUT2D eigenvalue weighted by atomic mass is 19.1. The van der Waals surface area contributed by atoms with Crippen LogP contribution >= 0.6 is 0 Å². The molecule has 0 aromatic heterocycles. The summed E-state index contributed by atoms with van der Waals surface area (Å²) < 4.78 is 34.4. The van der Waals surface area contributed by atoms with Crippen LogP contribution in [0.3, 0.4) is 0 Å². The predicted octanol–water partition coefficient (Wildman–Crippen LogP) is 6.16. The van der Waals surface area contributed by atoms with Gasteiger partial charge in [0, 0.05) is 17.8 Å². The van der Waals surface area contributed by atoms with Crippen molar-refractivity contribution in [2.24, 2.45) is 0 Å². The third-order valence-electron chi connectivity index (χ3n) is 3.98. The van der Waals surface area contributed by atoms with Gasteiger partial charge in [-0.05, 0) is 30.9 Å². The molecule has 2 aromatic rings. The second-order valence-electron chi connectivity index (χ2n) is 5.64. The maximum absolute atomic E-state index is 14.6. The smallest absolute Gasteiger partial charge is 0.139 e. The minimum atomic E-state index is -0.649. The van der Waals surface area contributed by atoms with Gasteiger partial charge in [-0.2, -0.15) is 0 Å². The molecule has 2 aromatic carbocycles. The minimum Gasteiger partial charge on any atom is -0.494 e. The van der Waals surface area contributed by atoms with Crippen LogP contribution in [0.2, 0.25) is 0 Å². The Morgan fingerprint density at radius 3 is 2.23 bits per heavy atom. The molecule has 0 atom stereocenters. The van der Waals surface area contributed by atoms with Gasteiger partial charge in [-0.3, -0.25) is 0 Å². The van der Waals surface area contributed by atoms with E-state index >= 15 is 0 Å². The Morgan fingerprint density at radius 2 is 1.65 bits per heavy atom. The Morgan fingerprint density at radius 1 is 1.04 bits per heavy atom. The number of ether oxygens (including phenoxy) is 1. The molecule has 0 saturated carbocycles. The molecule has 138 valence electrons. The van der Waals surface area contributed by atoms with Crippen molar-refractivity contribution >= 4 is 11.3 Å². The molecule has 0 bridgehead atoms. The molecule has 0 radical (unpaired) electrons. The molecule has 0 fully saturated rings. The van der Waals surface area contributed by atoms with Crippen LogP contribution < -0.4 is 10.1 Å². The van der Waals surface area contributed by atoms with Crippen LogP contribution in [-0.2, 0) is 0 Å². The van der Waals surface area contributed by atoms with Crippen LogP contribution in [0.15, 0.2) is 54.7 Å². The molecule has 3 rings (SSSR count). The van der Waals surface area contributed by atoms with Crippen molar-refractivity contribution < 1.29 is 13.5 Å². The van der Waals surface area contributed by atoms with Crippen molar-refractivity contribution in [1.29, 1.82) is 0 Å². The zero-order chi connectivity index (χ0) is 19.1. The van der Waals surface area contributed by atoms with E-state index in [1.165, 1.54) is 12.1 Å². The SMILES string of the molecule is C=C1CCC(c2ccccc2)=C(c2c(F)cc(OCC)cc2F)N1.CC. The van der Waals surface area contributed by atoms with E-state index < -0.39 is 11.6 Å². The van der Waals surface area contributed by atoms with E-state index in [9.17, 15) is 8.78 Å². The van der Waals surface area contributed by atoms with Gasteiger partial charge in [0.1, 0.15) is 17.4 Å². The number of halogens is 2. The molecular weight excluding hydrogens is 332 g/mol. The van der Waals surface area contributed by atoms with Crippen LogP contribution in [0.25, 0.3) is 11.3 Å². The van der Waals surface area contributed by atoms with Crippen molar-refractivity contribution in [3.63, 3.8) is 0 Å². The maximum atomic E-state index is 14.6. The summed E-state index contributed by atoms with van der Waals surface area (Å²) in [5.74, 6) is -1.11. The average molecular weight is 357 g/mol. The van der Waals surface area contributed by atoms with E-state index in [1.54, 1.807) is 6.92 Å². The number of rotatable bonds is 4. The lowest BCUT2D eigenvalue weighted by Crippen LogP contribution is -2.19. The number of hydrogen-bond acceptors (Lipinski definition) is 2. The van der Waals surface area contributed by atoms with Crippen molar-refractivity contribution in [1.82, 2.24) is 5.32 Å². The molecule has 1 heterocycles. The van der Waals surface area contributed by atoms with Crippen molar-refractivity contribution in [3.8, 4) is 5.75 Å². The second-order valence-corrected chi connectivity index (χ2v) is 5.64. The summed E-state index contributed by atoms with van der Waals surface area (Å²) >= 11 is 0. The summed E-state index contributed by atoms with van der Waals surface area (Å²) in [4.78, 5) is 0. The van der Waals surface area contributed by atoms with Crippen molar-refractivity contribution in [2.45, 2.75) is 33.6 Å². The fourth-order valence-corrected chi connectivity index (χ4v) is 2.90. The van der Waals surface area contributed by atoms with Gasteiger partial charge in [0.05, 0.1) is 17.9 Å². The fourth-order valence-electron chi connectivity index (χ4n) is 2.90. The molecule has 0 aliphatic carbocycles. The van der Waals surface area contributed by atoms with Gasteiger partial charge in [-0.25, -0.2) is 8.78 Å². The van der Waals surface area contributed by atoms with Crippen LogP contribution in [0.5, 0.6) is 5.75 Å². The summed E-state index contributed by atoms with van der Waals surface area (Å²) in [5.41, 5.74) is 2.94. The molecule has 1 aliphatic rings. The van der Waals surface area contributed by atoms with Gasteiger partial charge in [0.2, 0.25) is 0 Å². The molecule has 0 unspecified atom stereocenters. The topological polar surface area (TPSA) is 21.3 Å². The first-order valence-corrected chi connectivity index (χ1v) is 8.95. The molecule has 2 nitrogen and oxygen atoms in total. The van der Waals surface area contributed by atoms with Gasteiger partial charge in [0.25, 0.3) is 0 Å². The van der Waals surface area contributed by atoms with Gasteiger partial charge in [0.15, 0.2) is 0 Å². The highest BCUT2D eigenvalue weighted by molar-refractivity contribution is 5.92. The highest BCUT2D eigenvalue weighted by Gasteiger charge is 2.23. The molecule has 26 heavy (non-hydrogen) atoms. The summed E-state index contributed by atoms with van der Waals surface area (Å²) in [6.45, 7) is 10.0. The first-order chi connectivity index (χ1) is 12.6. The van der Waals surface area contributed by atoms with Gasteiger partial charge in [-0.1, -0.05) is 50.8 Å². The first-order valence-electron chi connectivity index (χ1n) is 8.95. The third-order valence-corrected chi connectivity index (χ3v) is 3.98.